The van der Waals surface area contributed by atoms with Gasteiger partial charge in [0.15, 0.2) is 5.17 Å². The van der Waals surface area contributed by atoms with Crippen LogP contribution < -0.4 is 0 Å². The number of allylic oxidation sites excluding steroid dienone is 1. The standard InChI is InChI=1S/C18H17BrN2O3S/c1-3-9-24-17(23)15-11(2)20-18-21(14(22)8-10-25-18)16(15)12-6-4-5-7-13(12)19/h3-7,16H,1,8-10H2,2H3/t16-/m0/s1. The molecule has 1 atom stereocenters. The van der Waals surface area contributed by atoms with Crippen molar-refractivity contribution in [2.45, 2.75) is 19.4 Å². The van der Waals surface area contributed by atoms with Crippen molar-refractivity contribution < 1.29 is 14.3 Å². The minimum absolute atomic E-state index is 0.0419. The molecule has 1 amide bonds. The molecule has 2 aliphatic rings. The van der Waals surface area contributed by atoms with Gasteiger partial charge in [-0.25, -0.2) is 9.79 Å². The predicted octanol–water partition coefficient (Wildman–Crippen LogP) is 3.83. The molecule has 1 fully saturated rings. The molecule has 2 aliphatic heterocycles. The average Bonchev–Trinajstić information content (AvgIpc) is 2.59. The van der Waals surface area contributed by atoms with Crippen molar-refractivity contribution in [3.8, 4) is 0 Å². The molecule has 0 radical (unpaired) electrons. The van der Waals surface area contributed by atoms with E-state index in [1.807, 2.05) is 24.3 Å². The zero-order valence-electron chi connectivity index (χ0n) is 13.7. The van der Waals surface area contributed by atoms with Crippen molar-refractivity contribution >= 4 is 44.7 Å². The number of amides is 1. The Kier molecular flexibility index (Phi) is 5.44. The van der Waals surface area contributed by atoms with E-state index in [0.29, 0.717) is 28.6 Å². The summed E-state index contributed by atoms with van der Waals surface area (Å²) in [6.07, 6.45) is 1.93. The third-order valence-corrected chi connectivity index (χ3v) is 5.64. The van der Waals surface area contributed by atoms with Crippen LogP contribution >= 0.6 is 27.7 Å². The van der Waals surface area contributed by atoms with Gasteiger partial charge < -0.3 is 4.74 Å². The first kappa shape index (κ1) is 17.9. The Hall–Kier alpha value is -1.86. The largest absolute Gasteiger partial charge is 0.458 e. The Morgan fingerprint density at radius 3 is 3.00 bits per heavy atom. The summed E-state index contributed by atoms with van der Waals surface area (Å²) < 4.78 is 6.09. The number of fused-ring (bicyclic) bond motifs is 1. The smallest absolute Gasteiger partial charge is 0.338 e. The summed E-state index contributed by atoms with van der Waals surface area (Å²) in [4.78, 5) is 31.4. The molecule has 0 saturated carbocycles. The van der Waals surface area contributed by atoms with Gasteiger partial charge in [-0.1, -0.05) is 58.5 Å². The van der Waals surface area contributed by atoms with Gasteiger partial charge >= 0.3 is 5.97 Å². The first-order chi connectivity index (χ1) is 12.0. The number of amidine groups is 1. The van der Waals surface area contributed by atoms with E-state index in [-0.39, 0.29) is 12.5 Å². The maximum absolute atomic E-state index is 12.7. The molecule has 1 saturated heterocycles. The topological polar surface area (TPSA) is 59.0 Å². The number of carbonyl (C=O) groups excluding carboxylic acids is 2. The summed E-state index contributed by atoms with van der Waals surface area (Å²) in [6.45, 7) is 5.45. The highest BCUT2D eigenvalue weighted by Crippen LogP contribution is 2.42. The van der Waals surface area contributed by atoms with Gasteiger partial charge in [0.05, 0.1) is 17.3 Å². The van der Waals surface area contributed by atoms with E-state index in [9.17, 15) is 9.59 Å². The van der Waals surface area contributed by atoms with Crippen molar-refractivity contribution in [1.29, 1.82) is 0 Å². The number of benzene rings is 1. The van der Waals surface area contributed by atoms with Gasteiger partial charge in [-0.05, 0) is 18.6 Å². The lowest BCUT2D eigenvalue weighted by atomic mass is 9.94. The minimum atomic E-state index is -0.555. The van der Waals surface area contributed by atoms with Crippen LogP contribution in [0.15, 0.2) is 57.7 Å². The minimum Gasteiger partial charge on any atom is -0.458 e. The first-order valence-electron chi connectivity index (χ1n) is 7.81. The average molecular weight is 421 g/mol. The molecule has 25 heavy (non-hydrogen) atoms. The normalized spacial score (nSPS) is 20.1. The fraction of sp³-hybridized carbons (Fsp3) is 0.278. The quantitative estimate of drug-likeness (QED) is 0.548. The molecule has 1 aromatic rings. The third-order valence-electron chi connectivity index (χ3n) is 3.96. The molecule has 0 spiro atoms. The van der Waals surface area contributed by atoms with E-state index < -0.39 is 12.0 Å². The lowest BCUT2D eigenvalue weighted by Crippen LogP contribution is -2.46. The molecule has 3 rings (SSSR count). The fourth-order valence-corrected chi connectivity index (χ4v) is 4.37. The van der Waals surface area contributed by atoms with Crippen molar-refractivity contribution in [3.05, 3.63) is 58.2 Å². The lowest BCUT2D eigenvalue weighted by Gasteiger charge is -2.39. The number of hydrogen-bond acceptors (Lipinski definition) is 5. The molecule has 7 heteroatoms. The number of nitrogens with zero attached hydrogens (tertiary/aromatic N) is 2. The molecule has 1 aromatic carbocycles. The van der Waals surface area contributed by atoms with Crippen LogP contribution in [0.1, 0.15) is 24.9 Å². The first-order valence-corrected chi connectivity index (χ1v) is 9.59. The van der Waals surface area contributed by atoms with E-state index >= 15 is 0 Å². The van der Waals surface area contributed by atoms with Gasteiger partial charge in [0.1, 0.15) is 6.61 Å². The zero-order chi connectivity index (χ0) is 18.0. The Balaban J connectivity index is 2.15. The predicted molar refractivity (Wildman–Crippen MR) is 102 cm³/mol. The fourth-order valence-electron chi connectivity index (χ4n) is 2.86. The van der Waals surface area contributed by atoms with Crippen LogP contribution in [0.25, 0.3) is 0 Å². The summed E-state index contributed by atoms with van der Waals surface area (Å²) in [5.74, 6) is 0.171. The number of rotatable bonds is 4. The van der Waals surface area contributed by atoms with Crippen LogP contribution in [0.5, 0.6) is 0 Å². The lowest BCUT2D eigenvalue weighted by molar-refractivity contribution is -0.139. The number of aliphatic imine (C=N–C) groups is 1. The Bertz CT molecular complexity index is 803. The van der Waals surface area contributed by atoms with Crippen molar-refractivity contribution in [3.63, 3.8) is 0 Å². The number of halogens is 1. The number of thioether (sulfide) groups is 1. The molecule has 0 N–H and O–H groups in total. The van der Waals surface area contributed by atoms with Gasteiger partial charge in [-0.3, -0.25) is 9.69 Å². The molecule has 0 unspecified atom stereocenters. The summed E-state index contributed by atoms with van der Waals surface area (Å²) in [6, 6.07) is 7.02. The Morgan fingerprint density at radius 2 is 2.28 bits per heavy atom. The number of hydrogen-bond donors (Lipinski definition) is 0. The van der Waals surface area contributed by atoms with Crippen molar-refractivity contribution in [2.24, 2.45) is 4.99 Å². The number of carbonyl (C=O) groups is 2. The highest BCUT2D eigenvalue weighted by Gasteiger charge is 2.42. The SMILES string of the molecule is C=CCOC(=O)C1=C(C)N=C2SCCC(=O)N2[C@H]1c1ccccc1Br. The molecule has 2 heterocycles. The van der Waals surface area contributed by atoms with Crippen LogP contribution in [0, 0.1) is 0 Å². The van der Waals surface area contributed by atoms with Gasteiger partial charge in [-0.2, -0.15) is 0 Å². The molecule has 5 nitrogen and oxygen atoms in total. The Labute approximate surface area is 159 Å². The molecular weight excluding hydrogens is 404 g/mol. The molecular formula is C18H17BrN2O3S. The molecule has 0 aliphatic carbocycles. The van der Waals surface area contributed by atoms with Crippen LogP contribution in [0.2, 0.25) is 0 Å². The Morgan fingerprint density at radius 1 is 1.52 bits per heavy atom. The highest BCUT2D eigenvalue weighted by atomic mass is 79.9. The van der Waals surface area contributed by atoms with Crippen molar-refractivity contribution in [2.75, 3.05) is 12.4 Å². The van der Waals surface area contributed by atoms with Crippen LogP contribution in [0.3, 0.4) is 0 Å². The third kappa shape index (κ3) is 3.43. The van der Waals surface area contributed by atoms with Gasteiger partial charge in [-0.15, -0.1) is 0 Å². The van der Waals surface area contributed by atoms with E-state index in [1.165, 1.54) is 17.8 Å². The van der Waals surface area contributed by atoms with Gasteiger partial charge in [0, 0.05) is 16.6 Å². The van der Waals surface area contributed by atoms with Crippen LogP contribution in [-0.4, -0.2) is 34.3 Å². The van der Waals surface area contributed by atoms with E-state index in [2.05, 4.69) is 27.5 Å². The summed E-state index contributed by atoms with van der Waals surface area (Å²) in [7, 11) is 0. The number of ether oxygens (including phenoxy) is 1. The van der Waals surface area contributed by atoms with E-state index in [0.717, 1.165) is 10.0 Å². The second kappa shape index (κ2) is 7.58. The second-order valence-corrected chi connectivity index (χ2v) is 7.48. The zero-order valence-corrected chi connectivity index (χ0v) is 16.1. The van der Waals surface area contributed by atoms with E-state index in [4.69, 9.17) is 4.74 Å². The molecule has 130 valence electrons. The molecule has 0 bridgehead atoms. The second-order valence-electron chi connectivity index (χ2n) is 5.57. The molecule has 0 aromatic heterocycles. The number of esters is 1. The van der Waals surface area contributed by atoms with E-state index in [1.54, 1.807) is 11.8 Å². The van der Waals surface area contributed by atoms with Crippen LogP contribution in [-0.2, 0) is 14.3 Å². The summed E-state index contributed by atoms with van der Waals surface area (Å²) in [5, 5.41) is 0.634. The maximum Gasteiger partial charge on any atom is 0.338 e. The highest BCUT2D eigenvalue weighted by molar-refractivity contribution is 9.10. The monoisotopic (exact) mass is 420 g/mol. The summed E-state index contributed by atoms with van der Waals surface area (Å²) >= 11 is 5.07. The maximum atomic E-state index is 12.7. The van der Waals surface area contributed by atoms with Crippen LogP contribution in [0.4, 0.5) is 0 Å². The van der Waals surface area contributed by atoms with Gasteiger partial charge in [0.25, 0.3) is 0 Å². The van der Waals surface area contributed by atoms with Crippen molar-refractivity contribution in [1.82, 2.24) is 4.90 Å². The van der Waals surface area contributed by atoms with Gasteiger partial charge in [0.2, 0.25) is 5.91 Å². The summed E-state index contributed by atoms with van der Waals surface area (Å²) in [5.41, 5.74) is 1.78.